The lowest BCUT2D eigenvalue weighted by Gasteiger charge is -2.38. The number of likely N-dealkylation sites (tertiary alicyclic amines) is 1. The number of methoxy groups -OCH3 is 1. The van der Waals surface area contributed by atoms with Gasteiger partial charge in [0.2, 0.25) is 5.91 Å². The monoisotopic (exact) mass is 616 g/mol. The molecular weight excluding hydrogens is 572 g/mol. The Morgan fingerprint density at radius 2 is 1.73 bits per heavy atom. The van der Waals surface area contributed by atoms with Crippen LogP contribution in [0.5, 0.6) is 0 Å². The lowest BCUT2D eigenvalue weighted by atomic mass is 9.97. The SMILES string of the molecule is COC[C@@H]1CCCN1C[C@@H]1C[C@H](c2ccc(CO)cc2)O[C@H](c2ccc(-c3ccccc3CNC(=O)CCCC(=O)O)cc2)O1. The van der Waals surface area contributed by atoms with Crippen LogP contribution in [0, 0.1) is 0 Å². The predicted molar refractivity (Wildman–Crippen MR) is 170 cm³/mol. The Bertz CT molecular complexity index is 1400. The van der Waals surface area contributed by atoms with Gasteiger partial charge < -0.3 is 29.7 Å². The Kier molecular flexibility index (Phi) is 11.7. The summed E-state index contributed by atoms with van der Waals surface area (Å²) in [5, 5.41) is 21.3. The van der Waals surface area contributed by atoms with Crippen molar-refractivity contribution in [1.82, 2.24) is 10.2 Å². The topological polar surface area (TPSA) is 118 Å². The van der Waals surface area contributed by atoms with E-state index in [0.717, 1.165) is 72.3 Å². The summed E-state index contributed by atoms with van der Waals surface area (Å²) in [6, 6.07) is 24.5. The van der Waals surface area contributed by atoms with Gasteiger partial charge in [-0.3, -0.25) is 14.5 Å². The molecule has 0 bridgehead atoms. The van der Waals surface area contributed by atoms with E-state index in [4.69, 9.17) is 19.3 Å². The molecule has 1 amide bonds. The van der Waals surface area contributed by atoms with Gasteiger partial charge in [0, 0.05) is 51.1 Å². The van der Waals surface area contributed by atoms with E-state index in [2.05, 4.69) is 22.3 Å². The van der Waals surface area contributed by atoms with Gasteiger partial charge in [0.25, 0.3) is 0 Å². The Balaban J connectivity index is 1.30. The van der Waals surface area contributed by atoms with Gasteiger partial charge in [0.1, 0.15) is 0 Å². The minimum Gasteiger partial charge on any atom is -0.481 e. The molecular formula is C36H44N2O7. The summed E-state index contributed by atoms with van der Waals surface area (Å²) in [6.07, 6.45) is 2.79. The van der Waals surface area contributed by atoms with Crippen molar-refractivity contribution in [2.45, 2.75) is 76.2 Å². The summed E-state index contributed by atoms with van der Waals surface area (Å²) < 4.78 is 18.7. The second kappa shape index (κ2) is 16.1. The lowest BCUT2D eigenvalue weighted by molar-refractivity contribution is -0.253. The number of nitrogens with zero attached hydrogens (tertiary/aromatic N) is 1. The van der Waals surface area contributed by atoms with E-state index in [9.17, 15) is 14.7 Å². The molecule has 9 nitrogen and oxygen atoms in total. The Morgan fingerprint density at radius 3 is 2.47 bits per heavy atom. The fourth-order valence-corrected chi connectivity index (χ4v) is 6.27. The van der Waals surface area contributed by atoms with Crippen LogP contribution in [0.25, 0.3) is 11.1 Å². The molecule has 2 fully saturated rings. The summed E-state index contributed by atoms with van der Waals surface area (Å²) >= 11 is 0. The molecule has 0 aromatic heterocycles. The zero-order valence-electron chi connectivity index (χ0n) is 25.9. The molecule has 9 heteroatoms. The predicted octanol–water partition coefficient (Wildman–Crippen LogP) is 5.37. The first-order valence-electron chi connectivity index (χ1n) is 15.8. The molecule has 45 heavy (non-hydrogen) atoms. The minimum absolute atomic E-state index is 0.00462. The van der Waals surface area contributed by atoms with E-state index < -0.39 is 12.3 Å². The third kappa shape index (κ3) is 8.99. The first-order chi connectivity index (χ1) is 21.9. The maximum atomic E-state index is 12.3. The Morgan fingerprint density at radius 1 is 0.978 bits per heavy atom. The van der Waals surface area contributed by atoms with Crippen molar-refractivity contribution in [1.29, 1.82) is 0 Å². The van der Waals surface area contributed by atoms with Crippen molar-refractivity contribution in [2.24, 2.45) is 0 Å². The molecule has 0 aliphatic carbocycles. The molecule has 2 saturated heterocycles. The van der Waals surface area contributed by atoms with Crippen molar-refractivity contribution in [2.75, 3.05) is 26.8 Å². The molecule has 0 unspecified atom stereocenters. The van der Waals surface area contributed by atoms with Crippen molar-refractivity contribution < 1.29 is 34.0 Å². The third-order valence-electron chi connectivity index (χ3n) is 8.69. The second-order valence-corrected chi connectivity index (χ2v) is 11.9. The maximum Gasteiger partial charge on any atom is 0.303 e. The molecule has 3 aromatic carbocycles. The zero-order chi connectivity index (χ0) is 31.6. The number of carbonyl (C=O) groups excluding carboxylic acids is 1. The molecule has 2 heterocycles. The number of carboxylic acids is 1. The zero-order valence-corrected chi connectivity index (χ0v) is 25.9. The normalized spacial score (nSPS) is 21.9. The molecule has 3 N–H and O–H groups in total. The summed E-state index contributed by atoms with van der Waals surface area (Å²) in [5.41, 5.74) is 5.86. The number of carbonyl (C=O) groups is 2. The number of carboxylic acid groups (broad SMARTS) is 1. The van der Waals surface area contributed by atoms with Gasteiger partial charge in [-0.25, -0.2) is 0 Å². The number of aliphatic hydroxyl groups excluding tert-OH is 1. The van der Waals surface area contributed by atoms with Crippen molar-refractivity contribution in [3.05, 3.63) is 95.1 Å². The highest BCUT2D eigenvalue weighted by Gasteiger charge is 2.35. The summed E-state index contributed by atoms with van der Waals surface area (Å²) in [4.78, 5) is 25.5. The standard InChI is InChI=1S/C36H44N2O7/c1-43-24-30-7-5-19-38(30)22-31-20-33(27-13-11-25(23-39)12-14-27)45-36(44-31)28-17-15-26(16-18-28)32-8-3-2-6-29(32)21-37-34(40)9-4-10-35(41)42/h2-3,6,8,11-18,30-31,33,36,39H,4-5,7,9-10,19-24H2,1H3,(H,37,40)(H,41,42)/t30-,31-,33+,36+/m0/s1. The molecule has 4 atom stereocenters. The van der Waals surface area contributed by atoms with Gasteiger partial charge in [-0.2, -0.15) is 0 Å². The molecule has 2 aliphatic rings. The van der Waals surface area contributed by atoms with Crippen LogP contribution in [0.2, 0.25) is 0 Å². The van der Waals surface area contributed by atoms with Crippen molar-refractivity contribution in [3.63, 3.8) is 0 Å². The van der Waals surface area contributed by atoms with E-state index in [0.29, 0.717) is 19.0 Å². The fraction of sp³-hybridized carbons (Fsp3) is 0.444. The van der Waals surface area contributed by atoms with Gasteiger partial charge in [0.05, 0.1) is 25.4 Å². The lowest BCUT2D eigenvalue weighted by Crippen LogP contribution is -2.42. The maximum absolute atomic E-state index is 12.3. The van der Waals surface area contributed by atoms with Gasteiger partial charge >= 0.3 is 5.97 Å². The number of hydrogen-bond acceptors (Lipinski definition) is 7. The number of hydrogen-bond donors (Lipinski definition) is 3. The first-order valence-corrected chi connectivity index (χ1v) is 15.8. The van der Waals surface area contributed by atoms with Crippen molar-refractivity contribution >= 4 is 11.9 Å². The van der Waals surface area contributed by atoms with E-state index in [-0.39, 0.29) is 37.6 Å². The van der Waals surface area contributed by atoms with Gasteiger partial charge in [-0.05, 0) is 53.6 Å². The van der Waals surface area contributed by atoms with Crippen LogP contribution in [-0.2, 0) is 37.0 Å². The van der Waals surface area contributed by atoms with Gasteiger partial charge in [0.15, 0.2) is 6.29 Å². The molecule has 240 valence electrons. The molecule has 3 aromatic rings. The molecule has 0 spiro atoms. The average Bonchev–Trinajstić information content (AvgIpc) is 3.50. The Hall–Kier alpha value is -3.60. The number of aliphatic hydroxyl groups is 1. The average molecular weight is 617 g/mol. The smallest absolute Gasteiger partial charge is 0.303 e. The van der Waals surface area contributed by atoms with Gasteiger partial charge in [-0.1, -0.05) is 72.8 Å². The second-order valence-electron chi connectivity index (χ2n) is 11.9. The number of benzene rings is 3. The number of amides is 1. The molecule has 0 saturated carbocycles. The number of rotatable bonds is 14. The molecule has 2 aliphatic heterocycles. The van der Waals surface area contributed by atoms with Crippen LogP contribution in [0.3, 0.4) is 0 Å². The van der Waals surface area contributed by atoms with Crippen LogP contribution >= 0.6 is 0 Å². The van der Waals surface area contributed by atoms with E-state index >= 15 is 0 Å². The van der Waals surface area contributed by atoms with Crippen LogP contribution in [0.4, 0.5) is 0 Å². The van der Waals surface area contributed by atoms with E-state index in [1.165, 1.54) is 0 Å². The Labute approximate surface area is 265 Å². The van der Waals surface area contributed by atoms with Crippen LogP contribution < -0.4 is 5.32 Å². The minimum atomic E-state index is -0.898. The van der Waals surface area contributed by atoms with E-state index in [1.54, 1.807) is 7.11 Å². The number of nitrogens with one attached hydrogen (secondary N) is 1. The number of ether oxygens (including phenoxy) is 3. The molecule has 5 rings (SSSR count). The highest BCUT2D eigenvalue weighted by atomic mass is 16.7. The highest BCUT2D eigenvalue weighted by molar-refractivity contribution is 5.77. The van der Waals surface area contributed by atoms with Gasteiger partial charge in [-0.15, -0.1) is 0 Å². The largest absolute Gasteiger partial charge is 0.481 e. The van der Waals surface area contributed by atoms with Crippen LogP contribution in [0.15, 0.2) is 72.8 Å². The molecule has 0 radical (unpaired) electrons. The van der Waals surface area contributed by atoms with Crippen LogP contribution in [-0.4, -0.2) is 65.9 Å². The highest BCUT2D eigenvalue weighted by Crippen LogP contribution is 2.39. The first kappa shape index (κ1) is 32.8. The van der Waals surface area contributed by atoms with E-state index in [1.807, 2.05) is 60.7 Å². The summed E-state index contributed by atoms with van der Waals surface area (Å²) in [5.74, 6) is -1.06. The quantitative estimate of drug-likeness (QED) is 0.221. The summed E-state index contributed by atoms with van der Waals surface area (Å²) in [7, 11) is 1.76. The van der Waals surface area contributed by atoms with Crippen molar-refractivity contribution in [3.8, 4) is 11.1 Å². The summed E-state index contributed by atoms with van der Waals surface area (Å²) in [6.45, 7) is 2.93. The fourth-order valence-electron chi connectivity index (χ4n) is 6.27. The third-order valence-corrected chi connectivity index (χ3v) is 8.69. The number of aliphatic carboxylic acids is 1. The van der Waals surface area contributed by atoms with Crippen LogP contribution in [0.1, 0.15) is 73.2 Å².